The predicted molar refractivity (Wildman–Crippen MR) is 355 cm³/mol. The number of pyridine rings is 3. The Morgan fingerprint density at radius 1 is 0.354 bits per heavy atom. The van der Waals surface area contributed by atoms with E-state index in [9.17, 15) is 72.6 Å². The third-order valence-corrected chi connectivity index (χ3v) is 13.8. The standard InChI is InChI=1S/2C16H20N2.3C14H11FN2O4/c2*1-3-7-15(8-4-1)13-17-11-12-18-14-16-9-5-2-6-10-16;3*15-10-3-1-2-8(4-10)9-5-11(18)13(16-6-9)14(21)17-7-12(19)20/h2*1-10,17-18H,11-14H2;3*1-6,18H,7H2,(H,17,21)(H,19,20). The molecular formula is C74H73F3N10O12. The number of hydrogen-bond acceptors (Lipinski definition) is 16. The number of carbonyl (C=O) groups excluding carboxylic acids is 6. The van der Waals surface area contributed by atoms with Crippen LogP contribution >= 0.6 is 0 Å². The SMILES string of the molecule is O=C([O-])CNC(=O)c1ncc(-c2cccc(F)c2)cc1O.O=C([O-])CNC(=O)c1ncc(-c2cccc(F)c2)cc1O.O=C([O-])CNC(=O)c1ncc(-c2cccc(F)c2)cc1O.c1ccc(CNCC[NH2+]Cc2ccccc2)cc1.c1ccc(C[NH2+]CC[NH2+]Cc2ccccc2)cc1. The number of nitrogens with two attached hydrogens (primary N) is 3. The zero-order valence-corrected chi connectivity index (χ0v) is 53.4. The van der Waals surface area contributed by atoms with E-state index < -0.39 is 90.0 Å². The molecule has 0 atom stereocenters. The third kappa shape index (κ3) is 28.4. The molecule has 0 aliphatic rings. The Morgan fingerprint density at radius 3 is 0.909 bits per heavy atom. The first kappa shape index (κ1) is 75.9. The minimum Gasteiger partial charge on any atom is -0.548 e. The molecule has 3 amide bonds. The Morgan fingerprint density at radius 2 is 0.636 bits per heavy atom. The van der Waals surface area contributed by atoms with Gasteiger partial charge in [0.15, 0.2) is 17.1 Å². The van der Waals surface area contributed by atoms with Gasteiger partial charge in [-0.1, -0.05) is 158 Å². The molecule has 10 aromatic rings. The summed E-state index contributed by atoms with van der Waals surface area (Å²) < 4.78 is 39.4. The number of nitrogens with zero attached hydrogens (tertiary/aromatic N) is 3. The molecule has 0 saturated carbocycles. The summed E-state index contributed by atoms with van der Waals surface area (Å²) in [6.45, 7) is 6.61. The molecule has 0 spiro atoms. The summed E-state index contributed by atoms with van der Waals surface area (Å²) in [5.41, 5.74) is 7.29. The van der Waals surface area contributed by atoms with Crippen molar-refractivity contribution in [1.29, 1.82) is 0 Å². The Balaban J connectivity index is 0.000000195. The summed E-state index contributed by atoms with van der Waals surface area (Å²) in [6, 6.07) is 63.1. The number of amides is 3. The lowest BCUT2D eigenvalue weighted by atomic mass is 10.1. The highest BCUT2D eigenvalue weighted by molar-refractivity contribution is 5.98. The lowest BCUT2D eigenvalue weighted by Crippen LogP contribution is -2.93. The number of quaternary nitrogens is 3. The van der Waals surface area contributed by atoms with Gasteiger partial charge in [0, 0.05) is 65.1 Å². The van der Waals surface area contributed by atoms with E-state index in [1.54, 1.807) is 18.2 Å². The Hall–Kier alpha value is -12.2. The van der Waals surface area contributed by atoms with Crippen molar-refractivity contribution >= 4 is 35.6 Å². The van der Waals surface area contributed by atoms with Crippen LogP contribution in [0.5, 0.6) is 17.2 Å². The topological polar surface area (TPSA) is 369 Å². The van der Waals surface area contributed by atoms with Crippen LogP contribution in [0.4, 0.5) is 13.2 Å². The number of benzene rings is 7. The predicted octanol–water partition coefficient (Wildman–Crippen LogP) is 2.27. The maximum Gasteiger partial charge on any atom is 0.274 e. The zero-order valence-electron chi connectivity index (χ0n) is 53.4. The molecule has 512 valence electrons. The summed E-state index contributed by atoms with van der Waals surface area (Å²) in [7, 11) is 0. The maximum atomic E-state index is 13.1. The number of carboxylic acids is 3. The van der Waals surface area contributed by atoms with Crippen molar-refractivity contribution in [2.24, 2.45) is 0 Å². The number of nitrogens with one attached hydrogen (secondary N) is 4. The van der Waals surface area contributed by atoms with Crippen molar-refractivity contribution in [2.75, 3.05) is 45.8 Å². The number of carbonyl (C=O) groups is 6. The van der Waals surface area contributed by atoms with E-state index in [0.29, 0.717) is 33.4 Å². The first-order valence-electron chi connectivity index (χ1n) is 30.9. The van der Waals surface area contributed by atoms with Crippen LogP contribution < -0.4 is 52.5 Å². The molecule has 0 aliphatic heterocycles. The van der Waals surface area contributed by atoms with Gasteiger partial charge in [-0.2, -0.15) is 0 Å². The van der Waals surface area contributed by atoms with Crippen LogP contribution in [-0.4, -0.2) is 112 Å². The van der Waals surface area contributed by atoms with Gasteiger partial charge >= 0.3 is 0 Å². The van der Waals surface area contributed by atoms with Crippen molar-refractivity contribution in [3.05, 3.63) is 288 Å². The summed E-state index contributed by atoms with van der Waals surface area (Å²) in [5, 5.41) is 76.7. The van der Waals surface area contributed by atoms with E-state index >= 15 is 0 Å². The Kier molecular flexibility index (Phi) is 31.9. The number of rotatable bonds is 26. The fourth-order valence-corrected chi connectivity index (χ4v) is 8.99. The minimum atomic E-state index is -1.46. The number of aromatic nitrogens is 3. The van der Waals surface area contributed by atoms with Crippen LogP contribution in [-0.2, 0) is 40.6 Å². The van der Waals surface area contributed by atoms with E-state index in [4.69, 9.17) is 0 Å². The van der Waals surface area contributed by atoms with E-state index in [-0.39, 0.29) is 17.1 Å². The summed E-state index contributed by atoms with van der Waals surface area (Å²) in [6.07, 6.45) is 3.84. The molecule has 13 N–H and O–H groups in total. The number of aromatic hydroxyl groups is 3. The van der Waals surface area contributed by atoms with E-state index in [2.05, 4.69) is 158 Å². The van der Waals surface area contributed by atoms with Crippen molar-refractivity contribution < 1.29 is 88.5 Å². The molecule has 10 rings (SSSR count). The first-order chi connectivity index (χ1) is 47.8. The quantitative estimate of drug-likeness (QED) is 0.0348. The van der Waals surface area contributed by atoms with Gasteiger partial charge < -0.3 is 82.2 Å². The van der Waals surface area contributed by atoms with Crippen molar-refractivity contribution in [3.8, 4) is 50.6 Å². The first-order valence-corrected chi connectivity index (χ1v) is 30.9. The Labute approximate surface area is 568 Å². The smallest absolute Gasteiger partial charge is 0.274 e. The zero-order chi connectivity index (χ0) is 71.2. The van der Waals surface area contributed by atoms with Crippen LogP contribution in [0.2, 0.25) is 0 Å². The lowest BCUT2D eigenvalue weighted by molar-refractivity contribution is -0.738. The van der Waals surface area contributed by atoms with Gasteiger partial charge in [-0.3, -0.25) is 14.4 Å². The molecule has 7 aromatic carbocycles. The molecule has 25 heteroatoms. The summed E-state index contributed by atoms with van der Waals surface area (Å²) in [4.78, 5) is 76.8. The van der Waals surface area contributed by atoms with Crippen molar-refractivity contribution in [3.63, 3.8) is 0 Å². The average molecular weight is 1350 g/mol. The van der Waals surface area contributed by atoms with Crippen LogP contribution in [0.15, 0.2) is 231 Å². The molecule has 0 aliphatic carbocycles. The third-order valence-electron chi connectivity index (χ3n) is 13.8. The Bertz CT molecular complexity index is 3750. The molecule has 0 unspecified atom stereocenters. The lowest BCUT2D eigenvalue weighted by Gasteiger charge is -2.08. The second-order valence-corrected chi connectivity index (χ2v) is 21.4. The van der Waals surface area contributed by atoms with Crippen molar-refractivity contribution in [2.45, 2.75) is 26.2 Å². The van der Waals surface area contributed by atoms with E-state index in [1.165, 1.54) is 127 Å². The van der Waals surface area contributed by atoms with Gasteiger partial charge in [-0.05, 0) is 76.9 Å². The van der Waals surface area contributed by atoms with Gasteiger partial charge in [0.25, 0.3) is 17.7 Å². The van der Waals surface area contributed by atoms with Crippen LogP contribution in [0, 0.1) is 17.5 Å². The van der Waals surface area contributed by atoms with Gasteiger partial charge in [0.05, 0.1) is 44.1 Å². The fourth-order valence-electron chi connectivity index (χ4n) is 8.99. The monoisotopic (exact) mass is 1350 g/mol. The highest BCUT2D eigenvalue weighted by Crippen LogP contribution is 2.28. The summed E-state index contributed by atoms with van der Waals surface area (Å²) in [5.74, 6) is -9.55. The van der Waals surface area contributed by atoms with Crippen molar-refractivity contribution in [1.82, 2.24) is 36.2 Å². The van der Waals surface area contributed by atoms with Crippen LogP contribution in [0.1, 0.15) is 53.7 Å². The molecule has 22 nitrogen and oxygen atoms in total. The van der Waals surface area contributed by atoms with Crippen LogP contribution in [0.3, 0.4) is 0 Å². The largest absolute Gasteiger partial charge is 0.548 e. The van der Waals surface area contributed by atoms with E-state index in [1.807, 2.05) is 16.0 Å². The fraction of sp³-hybridized carbons (Fsp3) is 0.149. The highest BCUT2D eigenvalue weighted by Gasteiger charge is 2.17. The van der Waals surface area contributed by atoms with Gasteiger partial charge in [-0.25, -0.2) is 28.1 Å². The molecule has 0 radical (unpaired) electrons. The summed E-state index contributed by atoms with van der Waals surface area (Å²) >= 11 is 0. The number of carboxylic acid groups (broad SMARTS) is 3. The molecule has 3 aromatic heterocycles. The normalized spacial score (nSPS) is 10.3. The number of halogens is 3. The molecule has 99 heavy (non-hydrogen) atoms. The molecule has 0 fully saturated rings. The second kappa shape index (κ2) is 41.6. The number of hydrogen-bond donors (Lipinski definition) is 10. The molecular weight excluding hydrogens is 1280 g/mol. The second-order valence-electron chi connectivity index (χ2n) is 21.4. The number of aliphatic carboxylic acids is 3. The molecule has 3 heterocycles. The van der Waals surface area contributed by atoms with E-state index in [0.717, 1.165) is 39.3 Å². The average Bonchev–Trinajstić information content (AvgIpc) is 0.981. The van der Waals surface area contributed by atoms with Gasteiger partial charge in [0.2, 0.25) is 0 Å². The highest BCUT2D eigenvalue weighted by atomic mass is 19.1. The minimum absolute atomic E-state index is 0.323. The van der Waals surface area contributed by atoms with Crippen LogP contribution in [0.25, 0.3) is 33.4 Å². The maximum absolute atomic E-state index is 13.1. The molecule has 0 bridgehead atoms. The van der Waals surface area contributed by atoms with Gasteiger partial charge in [0.1, 0.15) is 67.4 Å². The molecule has 0 saturated heterocycles. The van der Waals surface area contributed by atoms with Gasteiger partial charge in [-0.15, -0.1) is 0 Å².